The zero-order valence-electron chi connectivity index (χ0n) is 15.3. The first-order chi connectivity index (χ1) is 12.0. The van der Waals surface area contributed by atoms with Crippen LogP contribution in [0, 0.1) is 6.08 Å². The third kappa shape index (κ3) is 3.53. The largest absolute Gasteiger partial charge is 0.414 e. The minimum absolute atomic E-state index is 0.0407. The molecule has 3 rings (SSSR count). The summed E-state index contributed by atoms with van der Waals surface area (Å²) in [5.74, 6) is -0.511. The van der Waals surface area contributed by atoms with Gasteiger partial charge in [0.1, 0.15) is 17.4 Å². The molecular weight excluding hydrogens is 382 g/mol. The molecule has 0 spiro atoms. The van der Waals surface area contributed by atoms with Gasteiger partial charge in [0.05, 0.1) is 12.9 Å². The maximum absolute atomic E-state index is 14.5. The summed E-state index contributed by atoms with van der Waals surface area (Å²) < 4.78 is 41.0. The topological polar surface area (TPSA) is 62.1 Å². The van der Waals surface area contributed by atoms with Crippen LogP contribution < -0.4 is 0 Å². The molecule has 0 saturated carbocycles. The van der Waals surface area contributed by atoms with Gasteiger partial charge in [-0.15, -0.1) is 0 Å². The summed E-state index contributed by atoms with van der Waals surface area (Å²) in [5, 5.41) is -0.0922. The first kappa shape index (κ1) is 19.3. The lowest BCUT2D eigenvalue weighted by Crippen LogP contribution is -2.42. The van der Waals surface area contributed by atoms with E-state index in [1.54, 1.807) is 0 Å². The standard InChI is InChI=1S/C16H21ClF2N4O2Si/c1-16(2,3)26(4,5)24-7-9-6-10(18)14(25-9)23-8-20-11-12(17)21-15(19)22-13(11)23/h6,8-9,14H,7H2,1-5H3/t9-,14-/m1/s1. The summed E-state index contributed by atoms with van der Waals surface area (Å²) in [6.45, 7) is 10.9. The molecule has 1 aliphatic heterocycles. The second-order valence-corrected chi connectivity index (χ2v) is 12.9. The van der Waals surface area contributed by atoms with Gasteiger partial charge in [0.25, 0.3) is 0 Å². The lowest BCUT2D eigenvalue weighted by atomic mass is 10.2. The molecule has 0 aliphatic carbocycles. The third-order valence-electron chi connectivity index (χ3n) is 4.90. The molecule has 0 N–H and O–H groups in total. The smallest absolute Gasteiger partial charge is 0.312 e. The van der Waals surface area contributed by atoms with E-state index in [0.29, 0.717) is 0 Å². The van der Waals surface area contributed by atoms with Crippen LogP contribution in [0.3, 0.4) is 0 Å². The van der Waals surface area contributed by atoms with Crippen LogP contribution in [-0.2, 0) is 9.16 Å². The van der Waals surface area contributed by atoms with E-state index < -0.39 is 32.6 Å². The molecule has 0 radical (unpaired) electrons. The second kappa shape index (κ2) is 6.63. The van der Waals surface area contributed by atoms with Crippen LogP contribution in [0.2, 0.25) is 23.3 Å². The molecule has 2 aromatic rings. The molecule has 0 unspecified atom stereocenters. The Kier molecular flexibility index (Phi) is 4.93. The highest BCUT2D eigenvalue weighted by Gasteiger charge is 2.39. The molecule has 3 heterocycles. The van der Waals surface area contributed by atoms with E-state index >= 15 is 0 Å². The maximum atomic E-state index is 14.5. The molecule has 0 bridgehead atoms. The lowest BCUT2D eigenvalue weighted by Gasteiger charge is -2.36. The van der Waals surface area contributed by atoms with Crippen LogP contribution in [0.15, 0.2) is 18.2 Å². The summed E-state index contributed by atoms with van der Waals surface area (Å²) in [4.78, 5) is 11.1. The Bertz CT molecular complexity index is 866. The van der Waals surface area contributed by atoms with Crippen molar-refractivity contribution in [3.63, 3.8) is 0 Å². The molecule has 142 valence electrons. The molecular formula is C16H21ClF2N4O2Si. The van der Waals surface area contributed by atoms with Crippen molar-refractivity contribution in [2.75, 3.05) is 6.61 Å². The van der Waals surface area contributed by atoms with E-state index in [2.05, 4.69) is 48.8 Å². The molecule has 2 atom stereocenters. The zero-order chi connectivity index (χ0) is 19.3. The van der Waals surface area contributed by atoms with Gasteiger partial charge in [-0.1, -0.05) is 32.4 Å². The summed E-state index contributed by atoms with van der Waals surface area (Å²) in [5.41, 5.74) is 0.257. The van der Waals surface area contributed by atoms with Gasteiger partial charge >= 0.3 is 6.08 Å². The van der Waals surface area contributed by atoms with Crippen LogP contribution in [-0.4, -0.2) is 40.5 Å². The van der Waals surface area contributed by atoms with Gasteiger partial charge in [-0.3, -0.25) is 4.57 Å². The van der Waals surface area contributed by atoms with E-state index in [1.807, 2.05) is 0 Å². The van der Waals surface area contributed by atoms with Gasteiger partial charge in [0, 0.05) is 0 Å². The number of halogens is 3. The molecule has 0 aromatic carbocycles. The fourth-order valence-electron chi connectivity index (χ4n) is 2.35. The average molecular weight is 403 g/mol. The van der Waals surface area contributed by atoms with Crippen molar-refractivity contribution in [3.05, 3.63) is 29.5 Å². The summed E-state index contributed by atoms with van der Waals surface area (Å²) in [6.07, 6.45) is 0.0272. The fourth-order valence-corrected chi connectivity index (χ4v) is 3.57. The van der Waals surface area contributed by atoms with E-state index in [-0.39, 0.29) is 28.0 Å². The van der Waals surface area contributed by atoms with Gasteiger partial charge < -0.3 is 9.16 Å². The first-order valence-electron chi connectivity index (χ1n) is 8.22. The minimum Gasteiger partial charge on any atom is -0.414 e. The number of aromatic nitrogens is 4. The number of imidazole rings is 1. The number of fused-ring (bicyclic) bond motifs is 1. The fraction of sp³-hybridized carbons (Fsp3) is 0.562. The summed E-state index contributed by atoms with van der Waals surface area (Å²) >= 11 is 5.86. The van der Waals surface area contributed by atoms with Crippen LogP contribution in [0.1, 0.15) is 27.0 Å². The molecule has 0 fully saturated rings. The van der Waals surface area contributed by atoms with Crippen molar-refractivity contribution < 1.29 is 17.9 Å². The van der Waals surface area contributed by atoms with Gasteiger partial charge in [-0.25, -0.2) is 9.37 Å². The van der Waals surface area contributed by atoms with Crippen molar-refractivity contribution in [3.8, 4) is 0 Å². The first-order valence-corrected chi connectivity index (χ1v) is 11.5. The maximum Gasteiger partial charge on any atom is 0.312 e. The summed E-state index contributed by atoms with van der Waals surface area (Å²) in [7, 11) is -1.98. The predicted molar refractivity (Wildman–Crippen MR) is 96.5 cm³/mol. The monoisotopic (exact) mass is 402 g/mol. The normalized spacial score (nSPS) is 21.5. The highest BCUT2D eigenvalue weighted by Crippen LogP contribution is 2.38. The van der Waals surface area contributed by atoms with Gasteiger partial charge in [0.15, 0.2) is 25.3 Å². The SMILES string of the molecule is CC(C)(C)[Si](C)(C)OC[C@H]1C=C(F)[C@H](n2cnc3c(Cl)nc(F)nc32)O1. The Labute approximate surface area is 156 Å². The van der Waals surface area contributed by atoms with Gasteiger partial charge in [-0.2, -0.15) is 14.4 Å². The highest BCUT2D eigenvalue weighted by molar-refractivity contribution is 6.74. The molecule has 26 heavy (non-hydrogen) atoms. The summed E-state index contributed by atoms with van der Waals surface area (Å²) in [6, 6.07) is 0. The number of rotatable bonds is 4. The van der Waals surface area contributed by atoms with Gasteiger partial charge in [0.2, 0.25) is 0 Å². The van der Waals surface area contributed by atoms with Crippen LogP contribution >= 0.6 is 11.6 Å². The highest BCUT2D eigenvalue weighted by atomic mass is 35.5. The predicted octanol–water partition coefficient (Wildman–Crippen LogP) is 4.39. The number of nitrogens with zero attached hydrogens (tertiary/aromatic N) is 4. The van der Waals surface area contributed by atoms with Crippen molar-refractivity contribution >= 4 is 31.1 Å². The van der Waals surface area contributed by atoms with Crippen molar-refractivity contribution in [2.24, 2.45) is 0 Å². The quantitative estimate of drug-likeness (QED) is 0.431. The molecule has 0 saturated heterocycles. The van der Waals surface area contributed by atoms with E-state index in [1.165, 1.54) is 17.0 Å². The molecule has 1 aliphatic rings. The number of hydrogen-bond acceptors (Lipinski definition) is 5. The van der Waals surface area contributed by atoms with Crippen LogP contribution in [0.4, 0.5) is 8.78 Å². The molecule has 2 aromatic heterocycles. The second-order valence-electron chi connectivity index (χ2n) is 7.76. The Hall–Kier alpha value is -1.42. The van der Waals surface area contributed by atoms with Crippen LogP contribution in [0.5, 0.6) is 0 Å². The van der Waals surface area contributed by atoms with Crippen molar-refractivity contribution in [2.45, 2.75) is 51.2 Å². The Morgan fingerprint density at radius 2 is 2.00 bits per heavy atom. The van der Waals surface area contributed by atoms with Gasteiger partial charge in [-0.05, 0) is 24.2 Å². The average Bonchev–Trinajstić information content (AvgIpc) is 3.07. The van der Waals surface area contributed by atoms with E-state index in [9.17, 15) is 8.78 Å². The minimum atomic E-state index is -1.98. The van der Waals surface area contributed by atoms with Crippen molar-refractivity contribution in [1.29, 1.82) is 0 Å². The molecule has 0 amide bonds. The molecule has 6 nitrogen and oxygen atoms in total. The van der Waals surface area contributed by atoms with Crippen LogP contribution in [0.25, 0.3) is 11.2 Å². The third-order valence-corrected chi connectivity index (χ3v) is 9.67. The number of ether oxygens (including phenoxy) is 1. The Balaban J connectivity index is 1.78. The Morgan fingerprint density at radius 1 is 1.31 bits per heavy atom. The van der Waals surface area contributed by atoms with E-state index in [0.717, 1.165) is 0 Å². The van der Waals surface area contributed by atoms with Crippen molar-refractivity contribution in [1.82, 2.24) is 19.5 Å². The zero-order valence-corrected chi connectivity index (χ0v) is 17.0. The number of hydrogen-bond donors (Lipinski definition) is 0. The molecule has 10 heteroatoms. The Morgan fingerprint density at radius 3 is 2.65 bits per heavy atom. The lowest BCUT2D eigenvalue weighted by molar-refractivity contribution is -0.0151. The van der Waals surface area contributed by atoms with E-state index in [4.69, 9.17) is 20.8 Å².